The fraction of sp³-hybridized carbons (Fsp3) is 0.227. The summed E-state index contributed by atoms with van der Waals surface area (Å²) in [6.45, 7) is 0.424. The maximum atomic E-state index is 12.1. The molecule has 0 aliphatic heterocycles. The molecular formula is C22H23NO3. The molecule has 0 aliphatic rings. The molecule has 0 unspecified atom stereocenters. The molecule has 1 atom stereocenters. The van der Waals surface area contributed by atoms with Gasteiger partial charge in [0.1, 0.15) is 5.75 Å². The molecule has 4 heteroatoms. The van der Waals surface area contributed by atoms with Crippen LogP contribution in [0.15, 0.2) is 66.7 Å². The van der Waals surface area contributed by atoms with Crippen molar-refractivity contribution in [3.8, 4) is 5.75 Å². The molecular weight excluding hydrogens is 326 g/mol. The van der Waals surface area contributed by atoms with E-state index in [1.54, 1.807) is 7.11 Å². The first-order chi connectivity index (χ1) is 12.7. The lowest BCUT2D eigenvalue weighted by Crippen LogP contribution is -2.27. The van der Waals surface area contributed by atoms with Crippen LogP contribution in [0.25, 0.3) is 10.8 Å². The van der Waals surface area contributed by atoms with Crippen LogP contribution in [0.4, 0.5) is 0 Å². The summed E-state index contributed by atoms with van der Waals surface area (Å²) in [5, 5.41) is 15.5. The molecule has 4 nitrogen and oxygen atoms in total. The second kappa shape index (κ2) is 8.50. The van der Waals surface area contributed by atoms with Gasteiger partial charge in [0.25, 0.3) is 0 Å². The van der Waals surface area contributed by atoms with Gasteiger partial charge in [0.2, 0.25) is 5.91 Å². The van der Waals surface area contributed by atoms with E-state index < -0.39 is 6.10 Å². The molecule has 0 bridgehead atoms. The van der Waals surface area contributed by atoms with E-state index in [1.807, 2.05) is 66.7 Å². The standard InChI is InChI=1S/C22H23NO3/c1-26-18-9-4-6-16(14-18)15-22(25)23-13-12-21(24)20-11-5-8-17-7-2-3-10-19(17)20/h2-11,14,21,24H,12-13,15H2,1H3,(H,23,25)/t21-/m0/s1. The topological polar surface area (TPSA) is 58.6 Å². The fourth-order valence-corrected chi connectivity index (χ4v) is 3.08. The summed E-state index contributed by atoms with van der Waals surface area (Å²) in [6.07, 6.45) is 0.151. The highest BCUT2D eigenvalue weighted by Gasteiger charge is 2.12. The Bertz CT molecular complexity index is 886. The first kappa shape index (κ1) is 18.0. The van der Waals surface area contributed by atoms with Gasteiger partial charge in [-0.25, -0.2) is 0 Å². The van der Waals surface area contributed by atoms with Gasteiger partial charge in [-0.15, -0.1) is 0 Å². The molecule has 0 heterocycles. The van der Waals surface area contributed by atoms with E-state index in [2.05, 4.69) is 5.32 Å². The number of aliphatic hydroxyl groups excluding tert-OH is 1. The van der Waals surface area contributed by atoms with Gasteiger partial charge in [0, 0.05) is 6.54 Å². The van der Waals surface area contributed by atoms with Gasteiger partial charge in [-0.1, -0.05) is 54.6 Å². The number of carbonyl (C=O) groups is 1. The van der Waals surface area contributed by atoms with Crippen LogP contribution < -0.4 is 10.1 Å². The summed E-state index contributed by atoms with van der Waals surface area (Å²) >= 11 is 0. The highest BCUT2D eigenvalue weighted by molar-refractivity contribution is 5.86. The molecule has 26 heavy (non-hydrogen) atoms. The Labute approximate surface area is 153 Å². The third-order valence-corrected chi connectivity index (χ3v) is 4.42. The molecule has 1 amide bonds. The summed E-state index contributed by atoms with van der Waals surface area (Å²) in [5.41, 5.74) is 1.79. The molecule has 0 saturated carbocycles. The van der Waals surface area contributed by atoms with Crippen LogP contribution in [0.1, 0.15) is 23.7 Å². The number of nitrogens with one attached hydrogen (secondary N) is 1. The predicted molar refractivity (Wildman–Crippen MR) is 103 cm³/mol. The van der Waals surface area contributed by atoms with Gasteiger partial charge in [-0.2, -0.15) is 0 Å². The van der Waals surface area contributed by atoms with Crippen molar-refractivity contribution in [1.82, 2.24) is 5.32 Å². The Morgan fingerprint density at radius 3 is 2.69 bits per heavy atom. The molecule has 3 rings (SSSR count). The van der Waals surface area contributed by atoms with Crippen molar-refractivity contribution in [1.29, 1.82) is 0 Å². The fourth-order valence-electron chi connectivity index (χ4n) is 3.08. The molecule has 0 spiro atoms. The molecule has 134 valence electrons. The molecule has 2 N–H and O–H groups in total. The SMILES string of the molecule is COc1cccc(CC(=O)NCC[C@H](O)c2cccc3ccccc23)c1. The van der Waals surface area contributed by atoms with Crippen LogP contribution in [-0.2, 0) is 11.2 Å². The highest BCUT2D eigenvalue weighted by Crippen LogP contribution is 2.25. The summed E-state index contributed by atoms with van der Waals surface area (Å²) in [6, 6.07) is 21.4. The van der Waals surface area contributed by atoms with E-state index in [-0.39, 0.29) is 5.91 Å². The molecule has 0 aromatic heterocycles. The van der Waals surface area contributed by atoms with E-state index in [9.17, 15) is 9.90 Å². The quantitative estimate of drug-likeness (QED) is 0.685. The van der Waals surface area contributed by atoms with Gasteiger partial charge in [0.05, 0.1) is 19.6 Å². The molecule has 0 radical (unpaired) electrons. The third-order valence-electron chi connectivity index (χ3n) is 4.42. The van der Waals surface area contributed by atoms with Gasteiger partial charge < -0.3 is 15.2 Å². The van der Waals surface area contributed by atoms with Gasteiger partial charge in [-0.05, 0) is 40.5 Å². The van der Waals surface area contributed by atoms with Crippen LogP contribution in [0.3, 0.4) is 0 Å². The van der Waals surface area contributed by atoms with Crippen LogP contribution >= 0.6 is 0 Å². The number of aliphatic hydroxyl groups is 1. The summed E-state index contributed by atoms with van der Waals surface area (Å²) < 4.78 is 5.17. The zero-order valence-electron chi connectivity index (χ0n) is 14.8. The monoisotopic (exact) mass is 349 g/mol. The third kappa shape index (κ3) is 4.41. The normalized spacial score (nSPS) is 11.9. The molecule has 0 saturated heterocycles. The predicted octanol–water partition coefficient (Wildman–Crippen LogP) is 3.63. The molecule has 0 fully saturated rings. The molecule has 3 aromatic rings. The zero-order chi connectivity index (χ0) is 18.4. The number of benzene rings is 3. The Morgan fingerprint density at radius 1 is 1.08 bits per heavy atom. The number of hydrogen-bond donors (Lipinski definition) is 2. The maximum absolute atomic E-state index is 12.1. The lowest BCUT2D eigenvalue weighted by Gasteiger charge is -2.14. The minimum Gasteiger partial charge on any atom is -0.497 e. The lowest BCUT2D eigenvalue weighted by atomic mass is 9.99. The number of hydrogen-bond acceptors (Lipinski definition) is 3. The van der Waals surface area contributed by atoms with Crippen LogP contribution in [0.2, 0.25) is 0 Å². The Balaban J connectivity index is 1.54. The van der Waals surface area contributed by atoms with E-state index in [1.165, 1.54) is 0 Å². The van der Waals surface area contributed by atoms with Crippen LogP contribution in [-0.4, -0.2) is 24.7 Å². The Kier molecular flexibility index (Phi) is 5.87. The van der Waals surface area contributed by atoms with E-state index in [0.717, 1.165) is 27.6 Å². The van der Waals surface area contributed by atoms with Crippen molar-refractivity contribution in [2.75, 3.05) is 13.7 Å². The average molecular weight is 349 g/mol. The van der Waals surface area contributed by atoms with E-state index in [0.29, 0.717) is 19.4 Å². The number of rotatable bonds is 7. The number of methoxy groups -OCH3 is 1. The average Bonchev–Trinajstić information content (AvgIpc) is 2.67. The second-order valence-corrected chi connectivity index (χ2v) is 6.25. The van der Waals surface area contributed by atoms with Crippen molar-refractivity contribution in [3.63, 3.8) is 0 Å². The van der Waals surface area contributed by atoms with Crippen LogP contribution in [0, 0.1) is 0 Å². The minimum absolute atomic E-state index is 0.0663. The van der Waals surface area contributed by atoms with Gasteiger partial charge in [0.15, 0.2) is 0 Å². The number of carbonyl (C=O) groups excluding carboxylic acids is 1. The van der Waals surface area contributed by atoms with Gasteiger partial charge >= 0.3 is 0 Å². The lowest BCUT2D eigenvalue weighted by molar-refractivity contribution is -0.120. The van der Waals surface area contributed by atoms with Crippen LogP contribution in [0.5, 0.6) is 5.75 Å². The van der Waals surface area contributed by atoms with Crippen molar-refractivity contribution in [3.05, 3.63) is 77.9 Å². The largest absolute Gasteiger partial charge is 0.497 e. The Morgan fingerprint density at radius 2 is 1.85 bits per heavy atom. The first-order valence-corrected chi connectivity index (χ1v) is 8.73. The van der Waals surface area contributed by atoms with E-state index in [4.69, 9.17) is 4.74 Å². The zero-order valence-corrected chi connectivity index (χ0v) is 14.8. The second-order valence-electron chi connectivity index (χ2n) is 6.25. The smallest absolute Gasteiger partial charge is 0.224 e. The molecule has 3 aromatic carbocycles. The van der Waals surface area contributed by atoms with Gasteiger partial charge in [-0.3, -0.25) is 4.79 Å². The van der Waals surface area contributed by atoms with Crippen molar-refractivity contribution >= 4 is 16.7 Å². The Hall–Kier alpha value is -2.85. The number of fused-ring (bicyclic) bond motifs is 1. The highest BCUT2D eigenvalue weighted by atomic mass is 16.5. The first-order valence-electron chi connectivity index (χ1n) is 8.73. The number of amides is 1. The van der Waals surface area contributed by atoms with Crippen molar-refractivity contribution in [2.45, 2.75) is 18.9 Å². The summed E-state index contributed by atoms with van der Waals surface area (Å²) in [5.74, 6) is 0.671. The molecule has 0 aliphatic carbocycles. The summed E-state index contributed by atoms with van der Waals surface area (Å²) in [4.78, 5) is 12.1. The van der Waals surface area contributed by atoms with Crippen molar-refractivity contribution < 1.29 is 14.6 Å². The maximum Gasteiger partial charge on any atom is 0.224 e. The van der Waals surface area contributed by atoms with E-state index >= 15 is 0 Å². The van der Waals surface area contributed by atoms with Crippen molar-refractivity contribution in [2.24, 2.45) is 0 Å². The number of ether oxygens (including phenoxy) is 1. The summed E-state index contributed by atoms with van der Waals surface area (Å²) in [7, 11) is 1.61. The minimum atomic E-state index is -0.613.